The maximum Gasteiger partial charge on any atom is 0.328 e. The zero-order valence-electron chi connectivity index (χ0n) is 10.1. The Morgan fingerprint density at radius 1 is 1.37 bits per heavy atom. The lowest BCUT2D eigenvalue weighted by Crippen LogP contribution is -2.25. The van der Waals surface area contributed by atoms with Crippen molar-refractivity contribution < 1.29 is 15.0 Å². The van der Waals surface area contributed by atoms with Gasteiger partial charge in [-0.2, -0.15) is 0 Å². The van der Waals surface area contributed by atoms with Gasteiger partial charge in [-0.05, 0) is 17.7 Å². The zero-order chi connectivity index (χ0) is 13.8. The van der Waals surface area contributed by atoms with Crippen molar-refractivity contribution in [3.05, 3.63) is 41.7 Å². The van der Waals surface area contributed by atoms with Gasteiger partial charge in [0.2, 0.25) is 0 Å². The highest BCUT2D eigenvalue weighted by Crippen LogP contribution is 2.18. The van der Waals surface area contributed by atoms with Gasteiger partial charge >= 0.3 is 5.97 Å². The molecule has 0 saturated heterocycles. The van der Waals surface area contributed by atoms with E-state index in [1.54, 1.807) is 12.1 Å². The largest absolute Gasteiger partial charge is 0.508 e. The maximum atomic E-state index is 11.4. The molecule has 0 saturated carbocycles. The highest BCUT2D eigenvalue weighted by molar-refractivity contribution is 5.72. The quantitative estimate of drug-likeness (QED) is 0.714. The Bertz CT molecular complexity index is 565. The third-order valence-corrected chi connectivity index (χ3v) is 2.80. The number of nitrogens with two attached hydrogens (primary N) is 1. The lowest BCUT2D eigenvalue weighted by Gasteiger charge is -2.14. The van der Waals surface area contributed by atoms with E-state index in [0.29, 0.717) is 5.69 Å². The second-order valence-electron chi connectivity index (χ2n) is 4.10. The summed E-state index contributed by atoms with van der Waals surface area (Å²) in [7, 11) is 0. The summed E-state index contributed by atoms with van der Waals surface area (Å²) in [6.07, 6.45) is 1.69. The molecule has 7 nitrogen and oxygen atoms in total. The summed E-state index contributed by atoms with van der Waals surface area (Å²) in [6, 6.07) is 5.50. The standard InChI is InChI=1S/C12H14N4O3/c13-6-9-7-14-15-16(9)11(12(18)19)5-8-1-3-10(17)4-2-8/h1-4,7,11,17H,5-6,13H2,(H,18,19)/t11-/m0/s1. The van der Waals surface area contributed by atoms with Crippen molar-refractivity contribution >= 4 is 5.97 Å². The van der Waals surface area contributed by atoms with E-state index in [4.69, 9.17) is 5.73 Å². The Hall–Kier alpha value is -2.41. The van der Waals surface area contributed by atoms with Crippen molar-refractivity contribution in [2.75, 3.05) is 0 Å². The summed E-state index contributed by atoms with van der Waals surface area (Å²) in [5, 5.41) is 26.0. The number of benzene rings is 1. The smallest absolute Gasteiger partial charge is 0.328 e. The van der Waals surface area contributed by atoms with Crippen molar-refractivity contribution in [2.24, 2.45) is 5.73 Å². The number of phenolic OH excluding ortho intramolecular Hbond substituents is 1. The first-order valence-corrected chi connectivity index (χ1v) is 5.71. The van der Waals surface area contributed by atoms with Gasteiger partial charge in [0.15, 0.2) is 6.04 Å². The molecule has 0 aliphatic rings. The number of hydrogen-bond acceptors (Lipinski definition) is 5. The molecule has 1 aromatic heterocycles. The van der Waals surface area contributed by atoms with Crippen molar-refractivity contribution in [1.29, 1.82) is 0 Å². The molecule has 0 bridgehead atoms. The number of carboxylic acid groups (broad SMARTS) is 1. The number of phenols is 1. The molecule has 1 atom stereocenters. The second-order valence-corrected chi connectivity index (χ2v) is 4.10. The van der Waals surface area contributed by atoms with E-state index in [9.17, 15) is 15.0 Å². The van der Waals surface area contributed by atoms with Crippen LogP contribution >= 0.6 is 0 Å². The molecule has 0 amide bonds. The summed E-state index contributed by atoms with van der Waals surface area (Å²) in [5.41, 5.74) is 6.86. The first-order valence-electron chi connectivity index (χ1n) is 5.71. The Morgan fingerprint density at radius 2 is 2.05 bits per heavy atom. The highest BCUT2D eigenvalue weighted by Gasteiger charge is 2.23. The summed E-state index contributed by atoms with van der Waals surface area (Å²) < 4.78 is 1.31. The number of aromatic nitrogens is 3. The molecule has 0 unspecified atom stereocenters. The number of aliphatic carboxylic acids is 1. The van der Waals surface area contributed by atoms with Gasteiger partial charge in [-0.3, -0.25) is 0 Å². The number of hydrogen-bond donors (Lipinski definition) is 3. The molecule has 2 rings (SSSR count). The Kier molecular flexibility index (Phi) is 3.76. The van der Waals surface area contributed by atoms with Crippen LogP contribution in [0.5, 0.6) is 5.75 Å². The number of carbonyl (C=O) groups is 1. The minimum Gasteiger partial charge on any atom is -0.508 e. The molecule has 19 heavy (non-hydrogen) atoms. The molecule has 0 aliphatic carbocycles. The molecule has 0 spiro atoms. The number of rotatable bonds is 5. The van der Waals surface area contributed by atoms with Gasteiger partial charge in [0, 0.05) is 13.0 Å². The van der Waals surface area contributed by atoms with Crippen LogP contribution in [0, 0.1) is 0 Å². The topological polar surface area (TPSA) is 114 Å². The molecule has 100 valence electrons. The first-order chi connectivity index (χ1) is 9.11. The van der Waals surface area contributed by atoms with Crippen molar-refractivity contribution in [3.8, 4) is 5.75 Å². The van der Waals surface area contributed by atoms with Gasteiger partial charge in [0.25, 0.3) is 0 Å². The lowest BCUT2D eigenvalue weighted by atomic mass is 10.1. The molecule has 2 aromatic rings. The predicted octanol–water partition coefficient (Wildman–Crippen LogP) is 0.311. The molecule has 1 heterocycles. The van der Waals surface area contributed by atoms with E-state index < -0.39 is 12.0 Å². The van der Waals surface area contributed by atoms with Crippen LogP contribution in [0.1, 0.15) is 17.3 Å². The fourth-order valence-electron chi connectivity index (χ4n) is 1.81. The van der Waals surface area contributed by atoms with Gasteiger partial charge in [-0.1, -0.05) is 17.3 Å². The minimum absolute atomic E-state index is 0.138. The maximum absolute atomic E-state index is 11.4. The fraction of sp³-hybridized carbons (Fsp3) is 0.250. The Labute approximate surface area is 109 Å². The Morgan fingerprint density at radius 3 is 2.63 bits per heavy atom. The van der Waals surface area contributed by atoms with E-state index in [1.807, 2.05) is 0 Å². The monoisotopic (exact) mass is 262 g/mol. The molecule has 7 heteroatoms. The first kappa shape index (κ1) is 13.0. The summed E-state index contributed by atoms with van der Waals surface area (Å²) in [4.78, 5) is 11.4. The van der Waals surface area contributed by atoms with Gasteiger partial charge in [-0.15, -0.1) is 5.10 Å². The summed E-state index contributed by atoms with van der Waals surface area (Å²) in [5.74, 6) is -0.868. The van der Waals surface area contributed by atoms with Crippen molar-refractivity contribution in [2.45, 2.75) is 19.0 Å². The van der Waals surface area contributed by atoms with Crippen LogP contribution in [-0.4, -0.2) is 31.2 Å². The fourth-order valence-corrected chi connectivity index (χ4v) is 1.81. The third kappa shape index (κ3) is 2.89. The van der Waals surface area contributed by atoms with E-state index >= 15 is 0 Å². The predicted molar refractivity (Wildman–Crippen MR) is 66.4 cm³/mol. The van der Waals surface area contributed by atoms with Gasteiger partial charge < -0.3 is 15.9 Å². The van der Waals surface area contributed by atoms with E-state index in [0.717, 1.165) is 5.56 Å². The molecule has 0 fully saturated rings. The van der Waals surface area contributed by atoms with E-state index in [-0.39, 0.29) is 18.7 Å². The summed E-state index contributed by atoms with van der Waals surface area (Å²) in [6.45, 7) is 0.173. The van der Waals surface area contributed by atoms with E-state index in [2.05, 4.69) is 10.3 Å². The molecule has 1 aromatic carbocycles. The van der Waals surface area contributed by atoms with Crippen molar-refractivity contribution in [1.82, 2.24) is 15.0 Å². The van der Waals surface area contributed by atoms with E-state index in [1.165, 1.54) is 23.0 Å². The van der Waals surface area contributed by atoms with Crippen molar-refractivity contribution in [3.63, 3.8) is 0 Å². The molecular formula is C12H14N4O3. The highest BCUT2D eigenvalue weighted by atomic mass is 16.4. The lowest BCUT2D eigenvalue weighted by molar-refractivity contribution is -0.141. The van der Waals surface area contributed by atoms with Crippen LogP contribution in [0.3, 0.4) is 0 Å². The molecule has 4 N–H and O–H groups in total. The second kappa shape index (κ2) is 5.49. The average molecular weight is 262 g/mol. The Balaban J connectivity index is 2.26. The van der Waals surface area contributed by atoms with Crippen LogP contribution in [0.15, 0.2) is 30.5 Å². The number of aromatic hydroxyl groups is 1. The van der Waals surface area contributed by atoms with Crippen LogP contribution in [0.25, 0.3) is 0 Å². The average Bonchev–Trinajstić information content (AvgIpc) is 2.85. The van der Waals surface area contributed by atoms with Crippen LogP contribution in [0.4, 0.5) is 0 Å². The zero-order valence-corrected chi connectivity index (χ0v) is 10.1. The third-order valence-electron chi connectivity index (χ3n) is 2.80. The summed E-state index contributed by atoms with van der Waals surface area (Å²) >= 11 is 0. The van der Waals surface area contributed by atoms with Gasteiger partial charge in [-0.25, -0.2) is 9.48 Å². The molecular weight excluding hydrogens is 248 g/mol. The van der Waals surface area contributed by atoms with Crippen LogP contribution < -0.4 is 5.73 Å². The normalized spacial score (nSPS) is 12.3. The van der Waals surface area contributed by atoms with Gasteiger partial charge in [0.1, 0.15) is 5.75 Å². The SMILES string of the molecule is NCc1cnnn1[C@@H](Cc1ccc(O)cc1)C(=O)O. The molecule has 0 aliphatic heterocycles. The number of carboxylic acids is 1. The van der Waals surface area contributed by atoms with Crippen LogP contribution in [-0.2, 0) is 17.8 Å². The van der Waals surface area contributed by atoms with Crippen LogP contribution in [0.2, 0.25) is 0 Å². The molecule has 0 radical (unpaired) electrons. The minimum atomic E-state index is -1.01. The number of nitrogens with zero attached hydrogens (tertiary/aromatic N) is 3. The van der Waals surface area contributed by atoms with Gasteiger partial charge in [0.05, 0.1) is 11.9 Å².